The van der Waals surface area contributed by atoms with Gasteiger partial charge in [0.25, 0.3) is 0 Å². The minimum atomic E-state index is -1.50. The molecular weight excluding hydrogens is 434 g/mol. The van der Waals surface area contributed by atoms with Gasteiger partial charge in [-0.05, 0) is 38.0 Å². The van der Waals surface area contributed by atoms with Crippen molar-refractivity contribution in [2.75, 3.05) is 0 Å². The van der Waals surface area contributed by atoms with Crippen molar-refractivity contribution in [2.45, 2.75) is 90.6 Å². The number of aliphatic carboxylic acids is 1. The van der Waals surface area contributed by atoms with Gasteiger partial charge in [-0.3, -0.25) is 19.2 Å². The van der Waals surface area contributed by atoms with Gasteiger partial charge >= 0.3 is 5.97 Å². The van der Waals surface area contributed by atoms with Gasteiger partial charge in [-0.1, -0.05) is 27.7 Å². The Morgan fingerprint density at radius 1 is 0.788 bits per heavy atom. The van der Waals surface area contributed by atoms with Crippen LogP contribution in [0.15, 0.2) is 0 Å². The average Bonchev–Trinajstić information content (AvgIpc) is 2.66. The van der Waals surface area contributed by atoms with E-state index in [1.54, 1.807) is 13.8 Å². The fraction of sp³-hybridized carbons (Fsp3) is 0.762. The van der Waals surface area contributed by atoms with Crippen molar-refractivity contribution in [2.24, 2.45) is 23.3 Å². The number of rotatable bonds is 15. The Bertz CT molecular complexity index is 696. The predicted molar refractivity (Wildman–Crippen MR) is 120 cm³/mol. The molecule has 0 aliphatic carbocycles. The topological polar surface area (TPSA) is 214 Å². The van der Waals surface area contributed by atoms with Crippen LogP contribution in [0.5, 0.6) is 0 Å². The zero-order valence-corrected chi connectivity index (χ0v) is 20.0. The second-order valence-electron chi connectivity index (χ2n) is 9.06. The minimum Gasteiger partial charge on any atom is -0.480 e. The standard InChI is InChI=1S/C21H39N5O7/c1-10(2)8-13(22)18(29)24-14(6-7-16(23)28)19(30)26-17(12(5)27)20(31)25-15(21(32)33)9-11(3)4/h10-15,17,27H,6-9,22H2,1-5H3,(H2,23,28)(H,24,29)(H,25,31)(H,26,30)(H,32,33). The highest BCUT2D eigenvalue weighted by atomic mass is 16.4. The number of nitrogens with two attached hydrogens (primary N) is 2. The number of carboxylic acids is 1. The molecule has 190 valence electrons. The van der Waals surface area contributed by atoms with Gasteiger partial charge in [-0.25, -0.2) is 4.79 Å². The number of carbonyl (C=O) groups is 5. The maximum absolute atomic E-state index is 12.8. The van der Waals surface area contributed by atoms with Gasteiger partial charge in [0.15, 0.2) is 0 Å². The minimum absolute atomic E-state index is 0.0329. The molecule has 12 heteroatoms. The summed E-state index contributed by atoms with van der Waals surface area (Å²) in [5.41, 5.74) is 11.0. The largest absolute Gasteiger partial charge is 0.480 e. The van der Waals surface area contributed by atoms with Gasteiger partial charge in [0.05, 0.1) is 12.1 Å². The molecule has 0 saturated carbocycles. The molecule has 0 aliphatic heterocycles. The van der Waals surface area contributed by atoms with Gasteiger partial charge in [-0.2, -0.15) is 0 Å². The van der Waals surface area contributed by atoms with Gasteiger partial charge in [0.1, 0.15) is 18.1 Å². The number of hydrogen-bond donors (Lipinski definition) is 7. The van der Waals surface area contributed by atoms with Crippen LogP contribution < -0.4 is 27.4 Å². The van der Waals surface area contributed by atoms with Crippen LogP contribution in [-0.4, -0.2) is 70.1 Å². The molecule has 0 aromatic heterocycles. The Hall–Kier alpha value is -2.73. The Kier molecular flexibility index (Phi) is 13.2. The van der Waals surface area contributed by atoms with Crippen LogP contribution in [-0.2, 0) is 24.0 Å². The van der Waals surface area contributed by atoms with E-state index >= 15 is 0 Å². The lowest BCUT2D eigenvalue weighted by atomic mass is 10.0. The molecule has 5 unspecified atom stereocenters. The molecular formula is C21H39N5O7. The fourth-order valence-corrected chi connectivity index (χ4v) is 3.06. The lowest BCUT2D eigenvalue weighted by Gasteiger charge is -2.27. The van der Waals surface area contributed by atoms with Crippen LogP contribution in [0.2, 0.25) is 0 Å². The first-order chi connectivity index (χ1) is 15.1. The third kappa shape index (κ3) is 12.2. The molecule has 0 radical (unpaired) electrons. The lowest BCUT2D eigenvalue weighted by Crippen LogP contribution is -2.60. The highest BCUT2D eigenvalue weighted by Gasteiger charge is 2.33. The highest BCUT2D eigenvalue weighted by molar-refractivity contribution is 5.94. The quantitative estimate of drug-likeness (QED) is 0.150. The van der Waals surface area contributed by atoms with Crippen molar-refractivity contribution in [1.82, 2.24) is 16.0 Å². The molecule has 9 N–H and O–H groups in total. The number of nitrogens with one attached hydrogen (secondary N) is 3. The van der Waals surface area contributed by atoms with Crippen LogP contribution in [0.3, 0.4) is 0 Å². The van der Waals surface area contributed by atoms with Crippen LogP contribution >= 0.6 is 0 Å². The predicted octanol–water partition coefficient (Wildman–Crippen LogP) is -1.41. The summed E-state index contributed by atoms with van der Waals surface area (Å²) in [6, 6.07) is -4.85. The molecule has 0 heterocycles. The summed E-state index contributed by atoms with van der Waals surface area (Å²) in [7, 11) is 0. The molecule has 0 rings (SSSR count). The maximum atomic E-state index is 12.8. The van der Waals surface area contributed by atoms with Gasteiger partial charge in [0.2, 0.25) is 23.6 Å². The Morgan fingerprint density at radius 3 is 1.73 bits per heavy atom. The van der Waals surface area contributed by atoms with Crippen molar-refractivity contribution < 1.29 is 34.2 Å². The van der Waals surface area contributed by atoms with E-state index in [2.05, 4.69) is 16.0 Å². The molecule has 0 spiro atoms. The van der Waals surface area contributed by atoms with Crippen molar-refractivity contribution in [3.05, 3.63) is 0 Å². The first-order valence-electron chi connectivity index (χ1n) is 11.0. The number of carbonyl (C=O) groups excluding carboxylic acids is 4. The molecule has 33 heavy (non-hydrogen) atoms. The first kappa shape index (κ1) is 30.3. The van der Waals surface area contributed by atoms with Gasteiger partial charge in [-0.15, -0.1) is 0 Å². The van der Waals surface area contributed by atoms with Crippen molar-refractivity contribution in [3.63, 3.8) is 0 Å². The molecule has 12 nitrogen and oxygen atoms in total. The first-order valence-corrected chi connectivity index (χ1v) is 11.0. The van der Waals surface area contributed by atoms with E-state index in [0.29, 0.717) is 6.42 Å². The summed E-state index contributed by atoms with van der Waals surface area (Å²) >= 11 is 0. The van der Waals surface area contributed by atoms with Crippen LogP contribution in [0.1, 0.15) is 60.3 Å². The molecule has 0 aromatic carbocycles. The van der Waals surface area contributed by atoms with E-state index < -0.39 is 59.9 Å². The zero-order valence-electron chi connectivity index (χ0n) is 20.0. The molecule has 0 fully saturated rings. The van der Waals surface area contributed by atoms with E-state index in [9.17, 15) is 34.2 Å². The van der Waals surface area contributed by atoms with E-state index in [1.807, 2.05) is 13.8 Å². The third-order valence-electron chi connectivity index (χ3n) is 4.76. The van der Waals surface area contributed by atoms with E-state index in [0.717, 1.165) is 0 Å². The average molecular weight is 474 g/mol. The zero-order chi connectivity index (χ0) is 25.9. The van der Waals surface area contributed by atoms with Crippen LogP contribution in [0.4, 0.5) is 0 Å². The molecule has 0 saturated heterocycles. The summed E-state index contributed by atoms with van der Waals surface area (Å²) in [6.45, 7) is 8.57. The van der Waals surface area contributed by atoms with Crippen LogP contribution in [0, 0.1) is 11.8 Å². The summed E-state index contributed by atoms with van der Waals surface area (Å²) in [4.78, 5) is 60.5. The number of hydrogen-bond acceptors (Lipinski definition) is 7. The molecule has 0 aliphatic rings. The molecule has 4 amide bonds. The SMILES string of the molecule is CC(C)CC(N)C(=O)NC(CCC(N)=O)C(=O)NC(C(=O)NC(CC(C)C)C(=O)O)C(C)O. The molecule has 5 atom stereocenters. The summed E-state index contributed by atoms with van der Waals surface area (Å²) in [5, 5.41) is 26.4. The van der Waals surface area contributed by atoms with E-state index in [-0.39, 0.29) is 31.1 Å². The second-order valence-corrected chi connectivity index (χ2v) is 9.06. The number of carboxylic acid groups (broad SMARTS) is 1. The monoisotopic (exact) mass is 473 g/mol. The van der Waals surface area contributed by atoms with Gasteiger partial charge < -0.3 is 37.6 Å². The van der Waals surface area contributed by atoms with Gasteiger partial charge in [0, 0.05) is 6.42 Å². The van der Waals surface area contributed by atoms with Crippen molar-refractivity contribution in [3.8, 4) is 0 Å². The smallest absolute Gasteiger partial charge is 0.326 e. The van der Waals surface area contributed by atoms with E-state index in [1.165, 1.54) is 6.92 Å². The number of primary amides is 1. The Labute approximate surface area is 194 Å². The maximum Gasteiger partial charge on any atom is 0.326 e. The molecule has 0 bridgehead atoms. The molecule has 0 aromatic rings. The Morgan fingerprint density at radius 2 is 1.30 bits per heavy atom. The third-order valence-corrected chi connectivity index (χ3v) is 4.76. The highest BCUT2D eigenvalue weighted by Crippen LogP contribution is 2.08. The fourth-order valence-electron chi connectivity index (χ4n) is 3.06. The number of aliphatic hydroxyl groups is 1. The number of aliphatic hydroxyl groups excluding tert-OH is 1. The number of amides is 4. The summed E-state index contributed by atoms with van der Waals surface area (Å²) in [5.74, 6) is -4.22. The summed E-state index contributed by atoms with van der Waals surface area (Å²) < 4.78 is 0. The van der Waals surface area contributed by atoms with Crippen molar-refractivity contribution >= 4 is 29.6 Å². The normalized spacial score (nSPS) is 15.8. The van der Waals surface area contributed by atoms with Crippen LogP contribution in [0.25, 0.3) is 0 Å². The van der Waals surface area contributed by atoms with Crippen molar-refractivity contribution in [1.29, 1.82) is 0 Å². The lowest BCUT2D eigenvalue weighted by molar-refractivity contribution is -0.143. The Balaban J connectivity index is 5.48. The summed E-state index contributed by atoms with van der Waals surface area (Å²) in [6.07, 6.45) is -1.24. The second kappa shape index (κ2) is 14.4. The van der Waals surface area contributed by atoms with E-state index in [4.69, 9.17) is 11.5 Å².